The molecule has 1 atom stereocenters. The summed E-state index contributed by atoms with van der Waals surface area (Å²) in [5, 5.41) is 0.229. The number of halogens is 1. The monoisotopic (exact) mass is 304 g/mol. The summed E-state index contributed by atoms with van der Waals surface area (Å²) in [5.74, 6) is 0. The van der Waals surface area contributed by atoms with Gasteiger partial charge < -0.3 is 5.73 Å². The molecule has 0 saturated carbocycles. The topological polar surface area (TPSA) is 63.4 Å². The third-order valence-corrected chi connectivity index (χ3v) is 5.67. The SMILES string of the molecule is CCCC(C)N(C)S(=O)(=O)c1cc(CN)ccc1Cl. The van der Waals surface area contributed by atoms with Crippen LogP contribution in [0, 0.1) is 0 Å². The third-order valence-electron chi connectivity index (χ3n) is 3.22. The molecule has 2 N–H and O–H groups in total. The van der Waals surface area contributed by atoms with Crippen molar-refractivity contribution in [2.24, 2.45) is 5.73 Å². The minimum Gasteiger partial charge on any atom is -0.326 e. The number of sulfonamides is 1. The van der Waals surface area contributed by atoms with Gasteiger partial charge in [-0.15, -0.1) is 0 Å². The van der Waals surface area contributed by atoms with E-state index < -0.39 is 10.0 Å². The zero-order chi connectivity index (χ0) is 14.6. The van der Waals surface area contributed by atoms with Crippen molar-refractivity contribution in [1.82, 2.24) is 4.31 Å². The van der Waals surface area contributed by atoms with Crippen molar-refractivity contribution < 1.29 is 8.42 Å². The molecule has 0 spiro atoms. The molecule has 0 aliphatic heterocycles. The standard InChI is InChI=1S/C13H21ClN2O2S/c1-4-5-10(2)16(3)19(17,18)13-8-11(9-15)6-7-12(13)14/h6-8,10H,4-5,9,15H2,1-3H3. The summed E-state index contributed by atoms with van der Waals surface area (Å²) in [6, 6.07) is 4.80. The van der Waals surface area contributed by atoms with Crippen LogP contribution in [-0.4, -0.2) is 25.8 Å². The fourth-order valence-corrected chi connectivity index (χ4v) is 3.78. The smallest absolute Gasteiger partial charge is 0.244 e. The van der Waals surface area contributed by atoms with Crippen molar-refractivity contribution in [3.8, 4) is 0 Å². The van der Waals surface area contributed by atoms with Gasteiger partial charge in [0.1, 0.15) is 4.90 Å². The Morgan fingerprint density at radius 1 is 1.42 bits per heavy atom. The van der Waals surface area contributed by atoms with Gasteiger partial charge in [-0.1, -0.05) is 31.0 Å². The highest BCUT2D eigenvalue weighted by atomic mass is 35.5. The second kappa shape index (κ2) is 6.70. The Kier molecular flexibility index (Phi) is 5.80. The van der Waals surface area contributed by atoms with Gasteiger partial charge in [0.15, 0.2) is 0 Å². The molecule has 1 unspecified atom stereocenters. The number of hydrogen-bond acceptors (Lipinski definition) is 3. The molecule has 1 aromatic carbocycles. The fourth-order valence-electron chi connectivity index (χ4n) is 1.86. The number of nitrogens with two attached hydrogens (primary N) is 1. The Bertz CT molecular complexity index is 531. The van der Waals surface area contributed by atoms with Gasteiger partial charge in [-0.25, -0.2) is 8.42 Å². The molecule has 108 valence electrons. The van der Waals surface area contributed by atoms with E-state index in [9.17, 15) is 8.42 Å². The Morgan fingerprint density at radius 2 is 2.05 bits per heavy atom. The highest BCUT2D eigenvalue weighted by molar-refractivity contribution is 7.89. The molecular weight excluding hydrogens is 284 g/mol. The van der Waals surface area contributed by atoms with Crippen LogP contribution in [0.1, 0.15) is 32.3 Å². The summed E-state index contributed by atoms with van der Waals surface area (Å²) in [6.07, 6.45) is 1.74. The van der Waals surface area contributed by atoms with Crippen molar-refractivity contribution in [3.05, 3.63) is 28.8 Å². The molecule has 0 aliphatic carbocycles. The highest BCUT2D eigenvalue weighted by Gasteiger charge is 2.27. The second-order valence-electron chi connectivity index (χ2n) is 4.63. The molecule has 0 bridgehead atoms. The molecule has 0 amide bonds. The van der Waals surface area contributed by atoms with E-state index in [0.29, 0.717) is 0 Å². The third kappa shape index (κ3) is 3.69. The highest BCUT2D eigenvalue weighted by Crippen LogP contribution is 2.26. The Morgan fingerprint density at radius 3 is 2.58 bits per heavy atom. The predicted octanol–water partition coefficient (Wildman–Crippen LogP) is 2.61. The molecule has 0 aromatic heterocycles. The minimum absolute atomic E-state index is 0.0624. The molecule has 1 rings (SSSR count). The predicted molar refractivity (Wildman–Crippen MR) is 78.7 cm³/mol. The van der Waals surface area contributed by atoms with E-state index in [-0.39, 0.29) is 22.5 Å². The maximum Gasteiger partial charge on any atom is 0.244 e. The summed E-state index contributed by atoms with van der Waals surface area (Å²) >= 11 is 6.02. The second-order valence-corrected chi connectivity index (χ2v) is 7.00. The summed E-state index contributed by atoms with van der Waals surface area (Å²) < 4.78 is 26.4. The normalized spacial score (nSPS) is 13.8. The zero-order valence-corrected chi connectivity index (χ0v) is 13.1. The molecule has 4 nitrogen and oxygen atoms in total. The number of nitrogens with zero attached hydrogens (tertiary/aromatic N) is 1. The molecule has 0 fully saturated rings. The first-order valence-electron chi connectivity index (χ1n) is 6.31. The van der Waals surface area contributed by atoms with Crippen molar-refractivity contribution in [2.75, 3.05) is 7.05 Å². The van der Waals surface area contributed by atoms with E-state index in [0.717, 1.165) is 18.4 Å². The summed E-state index contributed by atoms with van der Waals surface area (Å²) in [6.45, 7) is 4.20. The quantitative estimate of drug-likeness (QED) is 0.878. The van der Waals surface area contributed by atoms with E-state index in [2.05, 4.69) is 0 Å². The average molecular weight is 305 g/mol. The fraction of sp³-hybridized carbons (Fsp3) is 0.538. The van der Waals surface area contributed by atoms with Crippen LogP contribution < -0.4 is 5.73 Å². The Balaban J connectivity index is 3.19. The van der Waals surface area contributed by atoms with Crippen LogP contribution in [0.3, 0.4) is 0 Å². The Labute approximate surface area is 120 Å². The van der Waals surface area contributed by atoms with E-state index in [4.69, 9.17) is 17.3 Å². The number of rotatable bonds is 6. The molecule has 0 radical (unpaired) electrons. The van der Waals surface area contributed by atoms with E-state index in [1.807, 2.05) is 13.8 Å². The summed E-state index contributed by atoms with van der Waals surface area (Å²) in [4.78, 5) is 0.127. The Hall–Kier alpha value is -0.620. The first-order chi connectivity index (χ1) is 8.84. The summed E-state index contributed by atoms with van der Waals surface area (Å²) in [5.41, 5.74) is 6.29. The number of benzene rings is 1. The van der Waals surface area contributed by atoms with E-state index in [1.165, 1.54) is 4.31 Å². The van der Waals surface area contributed by atoms with Crippen LogP contribution in [0.15, 0.2) is 23.1 Å². The van der Waals surface area contributed by atoms with Gasteiger partial charge in [-0.2, -0.15) is 4.31 Å². The lowest BCUT2D eigenvalue weighted by Gasteiger charge is -2.24. The first-order valence-corrected chi connectivity index (χ1v) is 8.12. The van der Waals surface area contributed by atoms with Gasteiger partial charge in [0.25, 0.3) is 0 Å². The van der Waals surface area contributed by atoms with Gasteiger partial charge in [0.05, 0.1) is 5.02 Å². The first kappa shape index (κ1) is 16.4. The van der Waals surface area contributed by atoms with Gasteiger partial charge in [0, 0.05) is 19.6 Å². The summed E-state index contributed by atoms with van der Waals surface area (Å²) in [7, 11) is -1.99. The van der Waals surface area contributed by atoms with Gasteiger partial charge >= 0.3 is 0 Å². The average Bonchev–Trinajstić information content (AvgIpc) is 2.38. The molecule has 19 heavy (non-hydrogen) atoms. The van der Waals surface area contributed by atoms with Crippen molar-refractivity contribution >= 4 is 21.6 Å². The lowest BCUT2D eigenvalue weighted by Crippen LogP contribution is -2.35. The molecule has 0 saturated heterocycles. The lowest BCUT2D eigenvalue weighted by molar-refractivity contribution is 0.369. The maximum atomic E-state index is 12.5. The molecule has 0 aliphatic rings. The van der Waals surface area contributed by atoms with Crippen LogP contribution >= 0.6 is 11.6 Å². The van der Waals surface area contributed by atoms with Crippen LogP contribution in [-0.2, 0) is 16.6 Å². The van der Waals surface area contributed by atoms with Crippen LogP contribution in [0.2, 0.25) is 5.02 Å². The molecule has 0 heterocycles. The van der Waals surface area contributed by atoms with Gasteiger partial charge in [-0.3, -0.25) is 0 Å². The van der Waals surface area contributed by atoms with E-state index >= 15 is 0 Å². The van der Waals surface area contributed by atoms with Crippen LogP contribution in [0.4, 0.5) is 0 Å². The van der Waals surface area contributed by atoms with Crippen molar-refractivity contribution in [2.45, 2.75) is 44.2 Å². The zero-order valence-electron chi connectivity index (χ0n) is 11.6. The largest absolute Gasteiger partial charge is 0.326 e. The molecular formula is C13H21ClN2O2S. The van der Waals surface area contributed by atoms with Crippen LogP contribution in [0.5, 0.6) is 0 Å². The minimum atomic E-state index is -3.58. The molecule has 1 aromatic rings. The van der Waals surface area contributed by atoms with E-state index in [1.54, 1.807) is 25.2 Å². The van der Waals surface area contributed by atoms with Crippen molar-refractivity contribution in [3.63, 3.8) is 0 Å². The van der Waals surface area contributed by atoms with Crippen LogP contribution in [0.25, 0.3) is 0 Å². The lowest BCUT2D eigenvalue weighted by atomic mass is 10.2. The van der Waals surface area contributed by atoms with Gasteiger partial charge in [0.2, 0.25) is 10.0 Å². The number of hydrogen-bond donors (Lipinski definition) is 1. The maximum absolute atomic E-state index is 12.5. The van der Waals surface area contributed by atoms with Gasteiger partial charge in [-0.05, 0) is 31.0 Å². The molecule has 6 heteroatoms. The van der Waals surface area contributed by atoms with Crippen molar-refractivity contribution in [1.29, 1.82) is 0 Å².